The number of nitrogens with one attached hydrogen (secondary N) is 2. The number of ether oxygens (including phenoxy) is 1. The van der Waals surface area contributed by atoms with E-state index < -0.39 is 26.7 Å². The summed E-state index contributed by atoms with van der Waals surface area (Å²) >= 11 is 0. The molecule has 0 spiro atoms. The molecule has 2 N–H and O–H groups in total. The quantitative estimate of drug-likeness (QED) is 0.356. The predicted molar refractivity (Wildman–Crippen MR) is 126 cm³/mol. The molecule has 9 nitrogen and oxygen atoms in total. The molecule has 13 heteroatoms. The lowest BCUT2D eigenvalue weighted by atomic mass is 10.2. The standard InChI is InChI=1S/C23H19F3N6O3S/c1-14-8-9-16(32-36(33,34)17-6-3-5-15(11-17)23(24,25)26)12-19(14)35-21-18(7-4-10-28-21)20-29-13-30-22(27-2)31-20/h3-13,32H,1-2H3,(H,27,29,30,31). The minimum absolute atomic E-state index is 0.0862. The molecule has 0 bridgehead atoms. The summed E-state index contributed by atoms with van der Waals surface area (Å²) in [4.78, 5) is 16.1. The Morgan fingerprint density at radius 3 is 2.53 bits per heavy atom. The third-order valence-corrected chi connectivity index (χ3v) is 6.31. The maximum absolute atomic E-state index is 13.0. The van der Waals surface area contributed by atoms with Crippen molar-refractivity contribution in [2.45, 2.75) is 18.0 Å². The second-order valence-corrected chi connectivity index (χ2v) is 9.13. The van der Waals surface area contributed by atoms with Gasteiger partial charge in [0.05, 0.1) is 21.7 Å². The van der Waals surface area contributed by atoms with E-state index in [-0.39, 0.29) is 17.3 Å². The molecular formula is C23H19F3N6O3S. The Hall–Kier alpha value is -4.26. The second-order valence-electron chi connectivity index (χ2n) is 7.45. The Labute approximate surface area is 204 Å². The third kappa shape index (κ3) is 5.51. The number of aromatic nitrogens is 4. The van der Waals surface area contributed by atoms with Crippen molar-refractivity contribution in [3.63, 3.8) is 0 Å². The van der Waals surface area contributed by atoms with Crippen molar-refractivity contribution in [2.75, 3.05) is 17.1 Å². The van der Waals surface area contributed by atoms with Crippen LogP contribution >= 0.6 is 0 Å². The first-order valence-corrected chi connectivity index (χ1v) is 11.9. The largest absolute Gasteiger partial charge is 0.438 e. The fourth-order valence-corrected chi connectivity index (χ4v) is 4.22. The highest BCUT2D eigenvalue weighted by Gasteiger charge is 2.31. The Balaban J connectivity index is 1.64. The molecule has 0 aliphatic heterocycles. The normalized spacial score (nSPS) is 11.7. The Kier molecular flexibility index (Phi) is 6.75. The highest BCUT2D eigenvalue weighted by molar-refractivity contribution is 7.92. The smallest absolute Gasteiger partial charge is 0.416 e. The highest BCUT2D eigenvalue weighted by Crippen LogP contribution is 2.34. The summed E-state index contributed by atoms with van der Waals surface area (Å²) in [5.74, 6) is 1.07. The lowest BCUT2D eigenvalue weighted by Gasteiger charge is -2.14. The van der Waals surface area contributed by atoms with Crippen molar-refractivity contribution >= 4 is 21.7 Å². The van der Waals surface area contributed by atoms with Crippen molar-refractivity contribution in [1.29, 1.82) is 0 Å². The van der Waals surface area contributed by atoms with Crippen molar-refractivity contribution in [3.8, 4) is 23.0 Å². The Morgan fingerprint density at radius 2 is 1.78 bits per heavy atom. The number of nitrogens with zero attached hydrogens (tertiary/aromatic N) is 4. The molecular weight excluding hydrogens is 497 g/mol. The molecule has 0 radical (unpaired) electrons. The molecule has 2 aromatic heterocycles. The summed E-state index contributed by atoms with van der Waals surface area (Å²) in [6.45, 7) is 1.74. The van der Waals surface area contributed by atoms with Crippen LogP contribution in [0.15, 0.2) is 72.0 Å². The second kappa shape index (κ2) is 9.77. The van der Waals surface area contributed by atoms with Crippen LogP contribution in [0.3, 0.4) is 0 Å². The topological polar surface area (TPSA) is 119 Å². The van der Waals surface area contributed by atoms with Crippen LogP contribution in [-0.4, -0.2) is 35.4 Å². The highest BCUT2D eigenvalue weighted by atomic mass is 32.2. The monoisotopic (exact) mass is 516 g/mol. The number of pyridine rings is 1. The van der Waals surface area contributed by atoms with Crippen LogP contribution in [-0.2, 0) is 16.2 Å². The molecule has 0 saturated heterocycles. The number of sulfonamides is 1. The third-order valence-electron chi connectivity index (χ3n) is 4.93. The molecule has 2 heterocycles. The van der Waals surface area contributed by atoms with Gasteiger partial charge < -0.3 is 10.1 Å². The number of aryl methyl sites for hydroxylation is 1. The average Bonchev–Trinajstić information content (AvgIpc) is 2.86. The first kappa shape index (κ1) is 24.9. The van der Waals surface area contributed by atoms with Gasteiger partial charge in [-0.15, -0.1) is 0 Å². The summed E-state index contributed by atoms with van der Waals surface area (Å²) < 4.78 is 72.9. The van der Waals surface area contributed by atoms with Crippen molar-refractivity contribution in [1.82, 2.24) is 19.9 Å². The van der Waals surface area contributed by atoms with Gasteiger partial charge in [-0.25, -0.2) is 23.4 Å². The number of benzene rings is 2. The molecule has 0 aliphatic carbocycles. The minimum Gasteiger partial charge on any atom is -0.438 e. The zero-order valence-electron chi connectivity index (χ0n) is 18.9. The number of hydrogen-bond acceptors (Lipinski definition) is 8. The molecule has 4 aromatic rings. The molecule has 0 fully saturated rings. The summed E-state index contributed by atoms with van der Waals surface area (Å²) in [6.07, 6.45) is -1.84. The van der Waals surface area contributed by atoms with Crippen LogP contribution in [0.5, 0.6) is 11.6 Å². The zero-order chi connectivity index (χ0) is 25.9. The number of hydrogen-bond donors (Lipinski definition) is 2. The molecule has 186 valence electrons. The maximum atomic E-state index is 13.0. The van der Waals surface area contributed by atoms with Gasteiger partial charge in [0, 0.05) is 19.3 Å². The summed E-state index contributed by atoms with van der Waals surface area (Å²) in [7, 11) is -2.65. The number of alkyl halides is 3. The van der Waals surface area contributed by atoms with Crippen LogP contribution < -0.4 is 14.8 Å². The summed E-state index contributed by atoms with van der Waals surface area (Å²) in [6, 6.07) is 11.3. The van der Waals surface area contributed by atoms with E-state index in [1.807, 2.05) is 0 Å². The maximum Gasteiger partial charge on any atom is 0.416 e. The van der Waals surface area contributed by atoms with Gasteiger partial charge in [0.1, 0.15) is 12.1 Å². The molecule has 0 saturated carbocycles. The molecule has 0 amide bonds. The average molecular weight is 517 g/mol. The summed E-state index contributed by atoms with van der Waals surface area (Å²) in [5.41, 5.74) is 0.134. The molecule has 0 atom stereocenters. The van der Waals surface area contributed by atoms with E-state index in [1.54, 1.807) is 32.2 Å². The van der Waals surface area contributed by atoms with E-state index in [0.717, 1.165) is 18.2 Å². The van der Waals surface area contributed by atoms with Crippen LogP contribution in [0.4, 0.5) is 24.8 Å². The van der Waals surface area contributed by atoms with Crippen molar-refractivity contribution < 1.29 is 26.3 Å². The number of halogens is 3. The van der Waals surface area contributed by atoms with Gasteiger partial charge in [-0.05, 0) is 48.9 Å². The SMILES string of the molecule is CNc1ncnc(-c2cccnc2Oc2cc(NS(=O)(=O)c3cccc(C(F)(F)F)c3)ccc2C)n1. The van der Waals surface area contributed by atoms with Gasteiger partial charge in [0.2, 0.25) is 11.8 Å². The van der Waals surface area contributed by atoms with E-state index in [9.17, 15) is 21.6 Å². The van der Waals surface area contributed by atoms with E-state index in [0.29, 0.717) is 29.0 Å². The first-order chi connectivity index (χ1) is 17.1. The van der Waals surface area contributed by atoms with Crippen molar-refractivity contribution in [2.24, 2.45) is 0 Å². The molecule has 36 heavy (non-hydrogen) atoms. The molecule has 2 aromatic carbocycles. The summed E-state index contributed by atoms with van der Waals surface area (Å²) in [5, 5.41) is 2.82. The van der Waals surface area contributed by atoms with Crippen molar-refractivity contribution in [3.05, 3.63) is 78.2 Å². The van der Waals surface area contributed by atoms with Crippen LogP contribution in [0.1, 0.15) is 11.1 Å². The van der Waals surface area contributed by atoms with Gasteiger partial charge in [-0.3, -0.25) is 4.72 Å². The Morgan fingerprint density at radius 1 is 0.972 bits per heavy atom. The number of rotatable bonds is 7. The fourth-order valence-electron chi connectivity index (χ4n) is 3.12. The van der Waals surface area contributed by atoms with Gasteiger partial charge in [0.15, 0.2) is 5.82 Å². The fraction of sp³-hybridized carbons (Fsp3) is 0.130. The van der Waals surface area contributed by atoms with Gasteiger partial charge in [0.25, 0.3) is 10.0 Å². The van der Waals surface area contributed by atoms with Crippen LogP contribution in [0.2, 0.25) is 0 Å². The molecule has 4 rings (SSSR count). The lowest BCUT2D eigenvalue weighted by Crippen LogP contribution is -2.14. The minimum atomic E-state index is -4.68. The van der Waals surface area contributed by atoms with E-state index in [1.165, 1.54) is 24.7 Å². The van der Waals surface area contributed by atoms with Crippen LogP contribution in [0.25, 0.3) is 11.4 Å². The lowest BCUT2D eigenvalue weighted by molar-refractivity contribution is -0.137. The van der Waals surface area contributed by atoms with E-state index in [2.05, 4.69) is 30.0 Å². The first-order valence-electron chi connectivity index (χ1n) is 10.4. The van der Waals surface area contributed by atoms with Crippen LogP contribution in [0, 0.1) is 6.92 Å². The predicted octanol–water partition coefficient (Wildman–Crippen LogP) is 4.90. The molecule has 0 unspecified atom stereocenters. The van der Waals surface area contributed by atoms with E-state index in [4.69, 9.17) is 4.74 Å². The molecule has 0 aliphatic rings. The van der Waals surface area contributed by atoms with E-state index >= 15 is 0 Å². The zero-order valence-corrected chi connectivity index (χ0v) is 19.7. The van der Waals surface area contributed by atoms with Gasteiger partial charge >= 0.3 is 6.18 Å². The van der Waals surface area contributed by atoms with Gasteiger partial charge in [-0.1, -0.05) is 12.1 Å². The Bertz CT molecular complexity index is 1510. The number of anilines is 2. The van der Waals surface area contributed by atoms with Gasteiger partial charge in [-0.2, -0.15) is 18.2 Å².